The number of benzene rings is 2. The van der Waals surface area contributed by atoms with Gasteiger partial charge in [-0.1, -0.05) is 29.8 Å². The minimum absolute atomic E-state index is 0.528. The molecule has 2 heterocycles. The quantitative estimate of drug-likeness (QED) is 0.767. The number of thioether (sulfide) groups is 1. The number of fused-ring (bicyclic) bond motifs is 2. The van der Waals surface area contributed by atoms with Crippen molar-refractivity contribution in [3.63, 3.8) is 0 Å². The van der Waals surface area contributed by atoms with Crippen molar-refractivity contribution in [1.29, 1.82) is 0 Å². The molecule has 6 heteroatoms. The van der Waals surface area contributed by atoms with Crippen LogP contribution < -0.4 is 5.32 Å². The summed E-state index contributed by atoms with van der Waals surface area (Å²) in [6.07, 6.45) is 1.09. The zero-order chi connectivity index (χ0) is 14.2. The van der Waals surface area contributed by atoms with E-state index in [9.17, 15) is 0 Å². The summed E-state index contributed by atoms with van der Waals surface area (Å²) < 4.78 is 8.60. The third kappa shape index (κ3) is 2.50. The average Bonchev–Trinajstić information content (AvgIpc) is 3.12. The van der Waals surface area contributed by atoms with E-state index in [-0.39, 0.29) is 0 Å². The van der Waals surface area contributed by atoms with Gasteiger partial charge in [0.2, 0.25) is 0 Å². The fraction of sp³-hybridized carbons (Fsp3) is 0.200. The third-order valence-corrected chi connectivity index (χ3v) is 5.77. The van der Waals surface area contributed by atoms with Crippen LogP contribution in [0.3, 0.4) is 0 Å². The zero-order valence-corrected chi connectivity index (χ0v) is 13.4. The Bertz CT molecular complexity index is 777. The van der Waals surface area contributed by atoms with Crippen LogP contribution in [0.1, 0.15) is 5.56 Å². The number of hydrogen-bond acceptors (Lipinski definition) is 5. The van der Waals surface area contributed by atoms with E-state index in [0.29, 0.717) is 10.3 Å². The monoisotopic (exact) mass is 333 g/mol. The molecule has 1 aromatic heterocycles. The second-order valence-corrected chi connectivity index (χ2v) is 7.26. The highest BCUT2D eigenvalue weighted by Gasteiger charge is 2.22. The van der Waals surface area contributed by atoms with Gasteiger partial charge in [0.1, 0.15) is 11.0 Å². The number of aromatic nitrogens is 2. The lowest BCUT2D eigenvalue weighted by Gasteiger charge is -2.12. The van der Waals surface area contributed by atoms with Crippen LogP contribution in [0.2, 0.25) is 5.02 Å². The number of halogens is 1. The molecule has 21 heavy (non-hydrogen) atoms. The first kappa shape index (κ1) is 13.4. The molecule has 0 aliphatic carbocycles. The number of nitrogens with zero attached hydrogens (tertiary/aromatic N) is 2. The molecule has 1 aliphatic heterocycles. The van der Waals surface area contributed by atoms with Gasteiger partial charge in [-0.15, -0.1) is 11.8 Å². The first-order chi connectivity index (χ1) is 10.3. The lowest BCUT2D eigenvalue weighted by atomic mass is 10.1. The molecular formula is C15H12ClN3S2. The van der Waals surface area contributed by atoms with Gasteiger partial charge in [0.05, 0.1) is 22.4 Å². The molecule has 1 N–H and O–H groups in total. The van der Waals surface area contributed by atoms with Crippen LogP contribution in [-0.4, -0.2) is 20.5 Å². The smallest absolute Gasteiger partial charge is 0.129 e. The fourth-order valence-electron chi connectivity index (χ4n) is 2.58. The Labute approximate surface area is 136 Å². The summed E-state index contributed by atoms with van der Waals surface area (Å²) in [4.78, 5) is 1.39. The molecule has 2 aromatic carbocycles. The van der Waals surface area contributed by atoms with E-state index in [1.54, 1.807) is 0 Å². The van der Waals surface area contributed by atoms with Crippen molar-refractivity contribution in [1.82, 2.24) is 8.75 Å². The second kappa shape index (κ2) is 5.48. The number of nitrogens with one attached hydrogen (secondary N) is 1. The Morgan fingerprint density at radius 1 is 1.19 bits per heavy atom. The molecule has 0 bridgehead atoms. The molecule has 0 fully saturated rings. The van der Waals surface area contributed by atoms with E-state index in [2.05, 4.69) is 38.3 Å². The van der Waals surface area contributed by atoms with Gasteiger partial charge in [-0.25, -0.2) is 0 Å². The molecule has 3 aromatic rings. The standard InChI is InChI=1S/C15H12ClN3S2/c16-11-5-6-12-15(19-21-18-12)14(11)17-8-10-7-9-3-1-2-4-13(9)20-10/h1-6,10,17H,7-8H2. The Kier molecular flexibility index (Phi) is 3.49. The fourth-order valence-corrected chi connectivity index (χ4v) is 4.59. The van der Waals surface area contributed by atoms with Gasteiger partial charge in [-0.2, -0.15) is 8.75 Å². The Balaban J connectivity index is 1.52. The van der Waals surface area contributed by atoms with E-state index in [1.165, 1.54) is 22.2 Å². The van der Waals surface area contributed by atoms with Gasteiger partial charge in [-0.05, 0) is 30.2 Å². The van der Waals surface area contributed by atoms with E-state index < -0.39 is 0 Å². The lowest BCUT2D eigenvalue weighted by molar-refractivity contribution is 0.900. The van der Waals surface area contributed by atoms with Crippen molar-refractivity contribution < 1.29 is 0 Å². The normalized spacial score (nSPS) is 17.1. The largest absolute Gasteiger partial charge is 0.381 e. The molecule has 0 saturated carbocycles. The molecule has 0 amide bonds. The molecule has 0 radical (unpaired) electrons. The van der Waals surface area contributed by atoms with E-state index in [1.807, 2.05) is 23.9 Å². The van der Waals surface area contributed by atoms with Gasteiger partial charge in [-0.3, -0.25) is 0 Å². The Hall–Kier alpha value is -1.30. The van der Waals surface area contributed by atoms with Crippen molar-refractivity contribution in [3.8, 4) is 0 Å². The number of hydrogen-bond donors (Lipinski definition) is 1. The molecule has 1 aliphatic rings. The van der Waals surface area contributed by atoms with E-state index >= 15 is 0 Å². The molecule has 4 rings (SSSR count). The summed E-state index contributed by atoms with van der Waals surface area (Å²) in [5, 5.41) is 4.70. The maximum atomic E-state index is 6.30. The molecular weight excluding hydrogens is 322 g/mol. The molecule has 1 unspecified atom stereocenters. The molecule has 0 spiro atoms. The van der Waals surface area contributed by atoms with Crippen LogP contribution in [0.25, 0.3) is 11.0 Å². The van der Waals surface area contributed by atoms with Crippen molar-refractivity contribution in [2.45, 2.75) is 16.6 Å². The summed E-state index contributed by atoms with van der Waals surface area (Å²) in [5.74, 6) is 0. The van der Waals surface area contributed by atoms with Crippen LogP contribution in [0.4, 0.5) is 5.69 Å². The minimum Gasteiger partial charge on any atom is -0.381 e. The van der Waals surface area contributed by atoms with Crippen molar-refractivity contribution in [3.05, 3.63) is 47.0 Å². The van der Waals surface area contributed by atoms with Gasteiger partial charge in [0.15, 0.2) is 0 Å². The Morgan fingerprint density at radius 3 is 3.00 bits per heavy atom. The van der Waals surface area contributed by atoms with Crippen LogP contribution in [0, 0.1) is 0 Å². The first-order valence-electron chi connectivity index (χ1n) is 6.70. The third-order valence-electron chi connectivity index (χ3n) is 3.60. The van der Waals surface area contributed by atoms with Crippen molar-refractivity contribution in [2.75, 3.05) is 11.9 Å². The minimum atomic E-state index is 0.528. The van der Waals surface area contributed by atoms with Gasteiger partial charge >= 0.3 is 0 Å². The SMILES string of the molecule is Clc1ccc2nsnc2c1NCC1Cc2ccccc2S1. The zero-order valence-electron chi connectivity index (χ0n) is 11.0. The predicted octanol–water partition coefficient (Wildman–Crippen LogP) is 4.47. The maximum absolute atomic E-state index is 6.30. The summed E-state index contributed by atoms with van der Waals surface area (Å²) in [5.41, 5.74) is 4.11. The van der Waals surface area contributed by atoms with Gasteiger partial charge in [0.25, 0.3) is 0 Å². The van der Waals surface area contributed by atoms with Crippen LogP contribution in [0.5, 0.6) is 0 Å². The molecule has 1 atom stereocenters. The van der Waals surface area contributed by atoms with E-state index in [0.717, 1.165) is 29.7 Å². The highest BCUT2D eigenvalue weighted by molar-refractivity contribution is 8.00. The summed E-state index contributed by atoms with van der Waals surface area (Å²) in [6.45, 7) is 0.871. The van der Waals surface area contributed by atoms with E-state index in [4.69, 9.17) is 11.6 Å². The lowest BCUT2D eigenvalue weighted by Crippen LogP contribution is -2.16. The highest BCUT2D eigenvalue weighted by atomic mass is 35.5. The second-order valence-electron chi connectivity index (χ2n) is 4.99. The first-order valence-corrected chi connectivity index (χ1v) is 8.69. The maximum Gasteiger partial charge on any atom is 0.129 e. The van der Waals surface area contributed by atoms with Gasteiger partial charge in [0, 0.05) is 16.7 Å². The average molecular weight is 334 g/mol. The number of rotatable bonds is 3. The van der Waals surface area contributed by atoms with Crippen LogP contribution >= 0.6 is 35.1 Å². The number of anilines is 1. The topological polar surface area (TPSA) is 37.8 Å². The van der Waals surface area contributed by atoms with Crippen molar-refractivity contribution >= 4 is 51.8 Å². The van der Waals surface area contributed by atoms with Gasteiger partial charge < -0.3 is 5.32 Å². The van der Waals surface area contributed by atoms with Crippen molar-refractivity contribution in [2.24, 2.45) is 0 Å². The predicted molar refractivity (Wildman–Crippen MR) is 90.7 cm³/mol. The highest BCUT2D eigenvalue weighted by Crippen LogP contribution is 2.37. The molecule has 3 nitrogen and oxygen atoms in total. The van der Waals surface area contributed by atoms with Crippen LogP contribution in [-0.2, 0) is 6.42 Å². The molecule has 106 valence electrons. The van der Waals surface area contributed by atoms with Crippen LogP contribution in [0.15, 0.2) is 41.3 Å². The summed E-state index contributed by atoms with van der Waals surface area (Å²) >= 11 is 9.45. The molecule has 0 saturated heterocycles. The Morgan fingerprint density at radius 2 is 2.10 bits per heavy atom. The summed E-state index contributed by atoms with van der Waals surface area (Å²) in [7, 11) is 0. The summed E-state index contributed by atoms with van der Waals surface area (Å²) in [6, 6.07) is 12.4.